The number of nitrogens with zero attached hydrogens (tertiary/aromatic N) is 1. The molecule has 0 aromatic heterocycles. The summed E-state index contributed by atoms with van der Waals surface area (Å²) in [6.45, 7) is 0.901. The summed E-state index contributed by atoms with van der Waals surface area (Å²) < 4.78 is 24.4. The summed E-state index contributed by atoms with van der Waals surface area (Å²) in [6.07, 6.45) is 0.701. The first-order valence-corrected chi connectivity index (χ1v) is 2.82. The molecule has 2 aliphatic heterocycles. The molecule has 0 aliphatic carbocycles. The summed E-state index contributed by atoms with van der Waals surface area (Å²) in [6, 6.07) is -0.373. The third kappa shape index (κ3) is 0.344. The van der Waals surface area contributed by atoms with Crippen molar-refractivity contribution in [2.45, 2.75) is 18.4 Å². The van der Waals surface area contributed by atoms with E-state index >= 15 is 0 Å². The Hall–Kier alpha value is -0.180. The summed E-state index contributed by atoms with van der Waals surface area (Å²) in [4.78, 5) is 1.81. The second kappa shape index (κ2) is 1.05. The summed E-state index contributed by atoms with van der Waals surface area (Å²) in [5.41, 5.74) is 0. The van der Waals surface area contributed by atoms with Crippen LogP contribution in [-0.4, -0.2) is 30.0 Å². The summed E-state index contributed by atoms with van der Waals surface area (Å²) in [5.74, 6) is -2.34. The molecule has 2 heterocycles. The monoisotopic (exact) mass is 119 g/mol. The quantitative estimate of drug-likeness (QED) is 0.454. The Kier molecular flexibility index (Phi) is 0.615. The highest BCUT2D eigenvalue weighted by atomic mass is 19.3. The van der Waals surface area contributed by atoms with Gasteiger partial charge >= 0.3 is 0 Å². The molecule has 1 unspecified atom stereocenters. The zero-order valence-electron chi connectivity index (χ0n) is 4.40. The van der Waals surface area contributed by atoms with Crippen LogP contribution in [0.4, 0.5) is 8.78 Å². The second-order valence-electron chi connectivity index (χ2n) is 2.54. The van der Waals surface area contributed by atoms with Crippen LogP contribution >= 0.6 is 0 Å². The van der Waals surface area contributed by atoms with Gasteiger partial charge in [-0.25, -0.2) is 8.78 Å². The molecule has 8 heavy (non-hydrogen) atoms. The minimum Gasteiger partial charge on any atom is -0.289 e. The Morgan fingerprint density at radius 2 is 2.25 bits per heavy atom. The minimum atomic E-state index is -2.34. The molecule has 0 bridgehead atoms. The maximum atomic E-state index is 12.2. The molecule has 1 atom stereocenters. The normalized spacial score (nSPS) is 42.0. The average Bonchev–Trinajstić information content (AvgIpc) is 1.57. The molecule has 2 fully saturated rings. The lowest BCUT2D eigenvalue weighted by Crippen LogP contribution is -2.72. The van der Waals surface area contributed by atoms with Crippen LogP contribution in [-0.2, 0) is 0 Å². The summed E-state index contributed by atoms with van der Waals surface area (Å²) >= 11 is 0. The Balaban J connectivity index is 2.07. The SMILES string of the molecule is FC1(F)CN2CCC21. The van der Waals surface area contributed by atoms with E-state index in [0.29, 0.717) is 6.42 Å². The van der Waals surface area contributed by atoms with Crippen molar-refractivity contribution in [1.29, 1.82) is 0 Å². The first-order valence-electron chi connectivity index (χ1n) is 2.82. The number of piperidine rings is 1. The van der Waals surface area contributed by atoms with Gasteiger partial charge in [-0.1, -0.05) is 0 Å². The summed E-state index contributed by atoms with van der Waals surface area (Å²) in [5, 5.41) is 0. The van der Waals surface area contributed by atoms with Gasteiger partial charge in [0.25, 0.3) is 5.92 Å². The molecule has 2 aliphatic rings. The molecule has 2 saturated heterocycles. The van der Waals surface area contributed by atoms with E-state index in [1.807, 2.05) is 0 Å². The smallest absolute Gasteiger partial charge is 0.275 e. The van der Waals surface area contributed by atoms with Crippen LogP contribution in [0.5, 0.6) is 0 Å². The van der Waals surface area contributed by atoms with Gasteiger partial charge in [-0.05, 0) is 6.42 Å². The first-order chi connectivity index (χ1) is 3.70. The second-order valence-corrected chi connectivity index (χ2v) is 2.54. The van der Waals surface area contributed by atoms with Gasteiger partial charge in [0.2, 0.25) is 0 Å². The maximum Gasteiger partial charge on any atom is 0.275 e. The number of rotatable bonds is 0. The van der Waals surface area contributed by atoms with E-state index in [9.17, 15) is 8.78 Å². The Morgan fingerprint density at radius 3 is 2.25 bits per heavy atom. The van der Waals surface area contributed by atoms with Crippen LogP contribution in [0.1, 0.15) is 6.42 Å². The molecular formula is C5H7F2N. The zero-order valence-corrected chi connectivity index (χ0v) is 4.40. The van der Waals surface area contributed by atoms with Crippen LogP contribution < -0.4 is 0 Å². The number of hydrogen-bond acceptors (Lipinski definition) is 1. The lowest BCUT2D eigenvalue weighted by atomic mass is 9.87. The first kappa shape index (κ1) is 4.68. The van der Waals surface area contributed by atoms with Crippen LogP contribution in [0.15, 0.2) is 0 Å². The highest BCUT2D eigenvalue weighted by molar-refractivity contribution is 5.05. The molecule has 0 spiro atoms. The Bertz CT molecular complexity index is 124. The van der Waals surface area contributed by atoms with Crippen molar-refractivity contribution in [2.75, 3.05) is 13.1 Å². The molecule has 46 valence electrons. The predicted molar refractivity (Wildman–Crippen MR) is 24.9 cm³/mol. The number of fused-ring (bicyclic) bond motifs is 1. The fourth-order valence-corrected chi connectivity index (χ4v) is 1.37. The Labute approximate surface area is 46.3 Å². The van der Waals surface area contributed by atoms with E-state index in [2.05, 4.69) is 0 Å². The largest absolute Gasteiger partial charge is 0.289 e. The van der Waals surface area contributed by atoms with Crippen LogP contribution in [0.2, 0.25) is 0 Å². The van der Waals surface area contributed by atoms with Crippen molar-refractivity contribution >= 4 is 0 Å². The average molecular weight is 119 g/mol. The van der Waals surface area contributed by atoms with Gasteiger partial charge in [-0.15, -0.1) is 0 Å². The topological polar surface area (TPSA) is 3.24 Å². The molecular weight excluding hydrogens is 112 g/mol. The minimum absolute atomic E-state index is 0.0116. The lowest BCUT2D eigenvalue weighted by molar-refractivity contribution is -0.227. The van der Waals surface area contributed by atoms with Crippen molar-refractivity contribution in [3.8, 4) is 0 Å². The standard InChI is InChI=1S/C5H7F2N/c6-5(7)3-8-2-1-4(5)8/h4H,1-3H2. The van der Waals surface area contributed by atoms with Crippen LogP contribution in [0.3, 0.4) is 0 Å². The zero-order chi connectivity index (χ0) is 5.78. The number of hydrogen-bond donors (Lipinski definition) is 0. The van der Waals surface area contributed by atoms with Crippen LogP contribution in [0.25, 0.3) is 0 Å². The fraction of sp³-hybridized carbons (Fsp3) is 1.00. The van der Waals surface area contributed by atoms with Crippen molar-refractivity contribution in [3.05, 3.63) is 0 Å². The van der Waals surface area contributed by atoms with Crippen molar-refractivity contribution in [1.82, 2.24) is 4.90 Å². The molecule has 1 nitrogen and oxygen atoms in total. The number of alkyl halides is 2. The highest BCUT2D eigenvalue weighted by Gasteiger charge is 2.58. The maximum absolute atomic E-state index is 12.2. The van der Waals surface area contributed by atoms with Gasteiger partial charge in [0.05, 0.1) is 12.6 Å². The van der Waals surface area contributed by atoms with E-state index in [1.165, 1.54) is 0 Å². The molecule has 0 saturated carbocycles. The van der Waals surface area contributed by atoms with E-state index in [1.54, 1.807) is 4.90 Å². The molecule has 0 aromatic rings. The molecule has 0 aromatic carbocycles. The van der Waals surface area contributed by atoms with E-state index in [4.69, 9.17) is 0 Å². The van der Waals surface area contributed by atoms with Gasteiger partial charge in [-0.2, -0.15) is 0 Å². The van der Waals surface area contributed by atoms with Gasteiger partial charge in [-0.3, -0.25) is 4.90 Å². The van der Waals surface area contributed by atoms with E-state index < -0.39 is 5.92 Å². The molecule has 3 heteroatoms. The predicted octanol–water partition coefficient (Wildman–Crippen LogP) is 0.710. The van der Waals surface area contributed by atoms with Crippen molar-refractivity contribution in [3.63, 3.8) is 0 Å². The molecule has 0 amide bonds. The van der Waals surface area contributed by atoms with Crippen molar-refractivity contribution in [2.24, 2.45) is 0 Å². The van der Waals surface area contributed by atoms with E-state index in [0.717, 1.165) is 6.54 Å². The number of halogens is 2. The van der Waals surface area contributed by atoms with Crippen molar-refractivity contribution < 1.29 is 8.78 Å². The third-order valence-electron chi connectivity index (χ3n) is 2.03. The van der Waals surface area contributed by atoms with Gasteiger partial charge in [0, 0.05) is 6.54 Å². The lowest BCUT2D eigenvalue weighted by Gasteiger charge is -2.55. The highest BCUT2D eigenvalue weighted by Crippen LogP contribution is 2.42. The third-order valence-corrected chi connectivity index (χ3v) is 2.03. The van der Waals surface area contributed by atoms with Gasteiger partial charge in [0.15, 0.2) is 0 Å². The van der Waals surface area contributed by atoms with E-state index in [-0.39, 0.29) is 12.6 Å². The van der Waals surface area contributed by atoms with Gasteiger partial charge < -0.3 is 0 Å². The molecule has 0 radical (unpaired) electrons. The summed E-state index contributed by atoms with van der Waals surface area (Å²) in [7, 11) is 0. The Morgan fingerprint density at radius 1 is 1.50 bits per heavy atom. The molecule has 0 N–H and O–H groups in total. The fourth-order valence-electron chi connectivity index (χ4n) is 1.37. The molecule has 2 rings (SSSR count). The van der Waals surface area contributed by atoms with Gasteiger partial charge in [0.1, 0.15) is 0 Å². The van der Waals surface area contributed by atoms with Crippen LogP contribution in [0, 0.1) is 0 Å².